The Hall–Kier alpha value is -0.850. The summed E-state index contributed by atoms with van der Waals surface area (Å²) in [7, 11) is -1.66. The van der Waals surface area contributed by atoms with Gasteiger partial charge in [-0.25, -0.2) is 13.1 Å². The smallest absolute Gasteiger partial charge is 0.244 e. The van der Waals surface area contributed by atoms with Crippen molar-refractivity contribution in [3.8, 4) is 0 Å². The van der Waals surface area contributed by atoms with Gasteiger partial charge in [0.2, 0.25) is 10.0 Å². The molecule has 0 spiro atoms. The zero-order chi connectivity index (χ0) is 13.4. The summed E-state index contributed by atoms with van der Waals surface area (Å²) < 4.78 is 32.4. The molecule has 1 aliphatic carbocycles. The van der Waals surface area contributed by atoms with Gasteiger partial charge in [-0.05, 0) is 32.2 Å². The molecular weight excluding hydrogens is 252 g/mol. The highest BCUT2D eigenvalue weighted by Crippen LogP contribution is 2.44. The van der Waals surface area contributed by atoms with Crippen LogP contribution in [-0.2, 0) is 16.6 Å². The third kappa shape index (κ3) is 2.93. The molecular formula is C12H20N2O3S. The van der Waals surface area contributed by atoms with E-state index in [1.54, 1.807) is 20.0 Å². The summed E-state index contributed by atoms with van der Waals surface area (Å²) in [6.07, 6.45) is 2.18. The highest BCUT2D eigenvalue weighted by Gasteiger charge is 2.38. The van der Waals surface area contributed by atoms with Gasteiger partial charge in [0.05, 0.1) is 6.54 Å². The van der Waals surface area contributed by atoms with Gasteiger partial charge in [-0.1, -0.05) is 6.92 Å². The number of aryl methyl sites for hydroxylation is 1. The molecule has 1 aromatic heterocycles. The molecule has 6 heteroatoms. The maximum absolute atomic E-state index is 12.2. The van der Waals surface area contributed by atoms with Crippen molar-refractivity contribution in [1.82, 2.24) is 10.0 Å². The van der Waals surface area contributed by atoms with Crippen LogP contribution in [0.2, 0.25) is 0 Å². The Morgan fingerprint density at radius 1 is 1.44 bits per heavy atom. The number of sulfonamides is 1. The van der Waals surface area contributed by atoms with Crippen molar-refractivity contribution in [2.24, 2.45) is 5.41 Å². The molecule has 0 amide bonds. The normalized spacial score (nSPS) is 17.9. The minimum Gasteiger partial charge on any atom is -0.464 e. The van der Waals surface area contributed by atoms with Gasteiger partial charge >= 0.3 is 0 Å². The van der Waals surface area contributed by atoms with E-state index < -0.39 is 10.0 Å². The molecule has 1 aromatic rings. The molecule has 0 radical (unpaired) electrons. The molecule has 0 saturated heterocycles. The second kappa shape index (κ2) is 4.68. The molecule has 2 N–H and O–H groups in total. The summed E-state index contributed by atoms with van der Waals surface area (Å²) in [4.78, 5) is 0.247. The average Bonchev–Trinajstić information content (AvgIpc) is 2.90. The summed E-state index contributed by atoms with van der Waals surface area (Å²) in [5.41, 5.74) is 0.151. The number of furan rings is 1. The van der Waals surface area contributed by atoms with Crippen LogP contribution in [-0.4, -0.2) is 22.0 Å². The van der Waals surface area contributed by atoms with Crippen molar-refractivity contribution in [3.63, 3.8) is 0 Å². The topological polar surface area (TPSA) is 71.3 Å². The predicted molar refractivity (Wildman–Crippen MR) is 68.7 cm³/mol. The van der Waals surface area contributed by atoms with E-state index in [0.29, 0.717) is 24.6 Å². The summed E-state index contributed by atoms with van der Waals surface area (Å²) in [6.45, 7) is 4.78. The van der Waals surface area contributed by atoms with Gasteiger partial charge in [-0.15, -0.1) is 0 Å². The maximum Gasteiger partial charge on any atom is 0.244 e. The van der Waals surface area contributed by atoms with Crippen LogP contribution in [0.25, 0.3) is 0 Å². The third-order valence-corrected chi connectivity index (χ3v) is 4.87. The Bertz CT molecular complexity index is 530. The summed E-state index contributed by atoms with van der Waals surface area (Å²) in [5.74, 6) is 1.07. The number of hydrogen-bond donors (Lipinski definition) is 2. The van der Waals surface area contributed by atoms with Crippen molar-refractivity contribution >= 4 is 10.0 Å². The lowest BCUT2D eigenvalue weighted by Crippen LogP contribution is -2.29. The van der Waals surface area contributed by atoms with Crippen LogP contribution in [0.3, 0.4) is 0 Å². The highest BCUT2D eigenvalue weighted by atomic mass is 32.2. The summed E-state index contributed by atoms with van der Waals surface area (Å²) in [6, 6.07) is 1.59. The molecule has 5 nitrogen and oxygen atoms in total. The quantitative estimate of drug-likeness (QED) is 0.821. The summed E-state index contributed by atoms with van der Waals surface area (Å²) >= 11 is 0. The molecule has 1 fully saturated rings. The lowest BCUT2D eigenvalue weighted by molar-refractivity contribution is 0.465. The molecule has 0 aliphatic heterocycles. The third-order valence-electron chi connectivity index (χ3n) is 3.36. The van der Waals surface area contributed by atoms with E-state index >= 15 is 0 Å². The fraction of sp³-hybridized carbons (Fsp3) is 0.667. The van der Waals surface area contributed by atoms with Crippen molar-refractivity contribution in [2.45, 2.75) is 38.1 Å². The first kappa shape index (κ1) is 13.6. The van der Waals surface area contributed by atoms with Gasteiger partial charge in [0.15, 0.2) is 0 Å². The fourth-order valence-electron chi connectivity index (χ4n) is 1.79. The van der Waals surface area contributed by atoms with Crippen LogP contribution in [0, 0.1) is 12.3 Å². The fourth-order valence-corrected chi connectivity index (χ4v) is 3.19. The molecule has 1 heterocycles. The van der Waals surface area contributed by atoms with Crippen molar-refractivity contribution in [1.29, 1.82) is 0 Å². The zero-order valence-electron chi connectivity index (χ0n) is 11.0. The first-order chi connectivity index (χ1) is 8.36. The molecule has 18 heavy (non-hydrogen) atoms. The predicted octanol–water partition coefficient (Wildman–Crippen LogP) is 1.39. The molecule has 0 bridgehead atoms. The zero-order valence-corrected chi connectivity index (χ0v) is 11.9. The average molecular weight is 272 g/mol. The Balaban J connectivity index is 2.13. The molecule has 0 atom stereocenters. The second-order valence-corrected chi connectivity index (χ2v) is 7.03. The molecule has 102 valence electrons. The first-order valence-electron chi connectivity index (χ1n) is 6.10. The molecule has 1 saturated carbocycles. The highest BCUT2D eigenvalue weighted by molar-refractivity contribution is 7.89. The van der Waals surface area contributed by atoms with Gasteiger partial charge in [0, 0.05) is 12.6 Å². The van der Waals surface area contributed by atoms with Gasteiger partial charge in [-0.3, -0.25) is 0 Å². The summed E-state index contributed by atoms with van der Waals surface area (Å²) in [5, 5.41) is 2.93. The minimum absolute atomic E-state index is 0.151. The van der Waals surface area contributed by atoms with Crippen LogP contribution in [0.15, 0.2) is 15.4 Å². The number of nitrogens with one attached hydrogen (secondary N) is 2. The van der Waals surface area contributed by atoms with Crippen molar-refractivity contribution in [3.05, 3.63) is 17.6 Å². The van der Waals surface area contributed by atoms with Gasteiger partial charge in [-0.2, -0.15) is 0 Å². The van der Waals surface area contributed by atoms with Crippen molar-refractivity contribution < 1.29 is 12.8 Å². The monoisotopic (exact) mass is 272 g/mol. The Morgan fingerprint density at radius 2 is 2.11 bits per heavy atom. The molecule has 1 aliphatic rings. The van der Waals surface area contributed by atoms with E-state index in [4.69, 9.17) is 4.42 Å². The van der Waals surface area contributed by atoms with Crippen molar-refractivity contribution in [2.75, 3.05) is 13.6 Å². The van der Waals surface area contributed by atoms with E-state index in [2.05, 4.69) is 17.0 Å². The van der Waals surface area contributed by atoms with Gasteiger partial charge in [0.25, 0.3) is 0 Å². The van der Waals surface area contributed by atoms with Gasteiger partial charge in [0.1, 0.15) is 16.4 Å². The maximum atomic E-state index is 12.2. The lowest BCUT2D eigenvalue weighted by atomic mass is 10.2. The Kier molecular flexibility index (Phi) is 3.53. The molecule has 0 unspecified atom stereocenters. The van der Waals surface area contributed by atoms with E-state index in [-0.39, 0.29) is 10.3 Å². The Labute approximate surface area is 108 Å². The standard InChI is InChI=1S/C12H20N2O3S/c1-9-11(6-10(17-9)7-13-3)18(15,16)14-8-12(2)4-5-12/h6,13-14H,4-5,7-8H2,1-3H3. The first-order valence-corrected chi connectivity index (χ1v) is 7.58. The van der Waals surface area contributed by atoms with Crippen LogP contribution in [0.4, 0.5) is 0 Å². The Morgan fingerprint density at radius 3 is 2.67 bits per heavy atom. The lowest BCUT2D eigenvalue weighted by Gasteiger charge is -2.09. The van der Waals surface area contributed by atoms with E-state index in [1.165, 1.54) is 0 Å². The van der Waals surface area contributed by atoms with E-state index in [0.717, 1.165) is 12.8 Å². The van der Waals surface area contributed by atoms with Crippen LogP contribution >= 0.6 is 0 Å². The number of hydrogen-bond acceptors (Lipinski definition) is 4. The van der Waals surface area contributed by atoms with E-state index in [9.17, 15) is 8.42 Å². The largest absolute Gasteiger partial charge is 0.464 e. The SMILES string of the molecule is CNCc1cc(S(=O)(=O)NCC2(C)CC2)c(C)o1. The number of rotatable bonds is 6. The van der Waals surface area contributed by atoms with Gasteiger partial charge < -0.3 is 9.73 Å². The second-order valence-electron chi connectivity index (χ2n) is 5.30. The van der Waals surface area contributed by atoms with Crippen LogP contribution < -0.4 is 10.0 Å². The van der Waals surface area contributed by atoms with E-state index in [1.807, 2.05) is 0 Å². The molecule has 2 rings (SSSR count). The molecule has 0 aromatic carbocycles. The minimum atomic E-state index is -3.45. The van der Waals surface area contributed by atoms with Crippen LogP contribution in [0.1, 0.15) is 31.3 Å². The van der Waals surface area contributed by atoms with Crippen LogP contribution in [0.5, 0.6) is 0 Å².